The molecule has 0 aliphatic rings. The van der Waals surface area contributed by atoms with E-state index in [1.807, 2.05) is 27.7 Å². The third-order valence-electron chi connectivity index (χ3n) is 1.80. The van der Waals surface area contributed by atoms with Crippen molar-refractivity contribution in [3.05, 3.63) is 23.8 Å². The van der Waals surface area contributed by atoms with Crippen LogP contribution in [0.1, 0.15) is 33.3 Å². The molecule has 0 aliphatic heterocycles. The standard InChI is InChI=1S/C13H17NO2/c1-9(2)15-12-6-5-11(8-14)7-13(12)16-10(3)4/h5-7,9-10H,1-4H3. The van der Waals surface area contributed by atoms with Crippen molar-refractivity contribution in [1.29, 1.82) is 5.26 Å². The molecule has 86 valence electrons. The number of nitrogens with zero attached hydrogens (tertiary/aromatic N) is 1. The van der Waals surface area contributed by atoms with Crippen molar-refractivity contribution in [3.8, 4) is 17.6 Å². The Morgan fingerprint density at radius 2 is 1.56 bits per heavy atom. The van der Waals surface area contributed by atoms with Crippen LogP contribution in [0.25, 0.3) is 0 Å². The molecule has 0 N–H and O–H groups in total. The Hall–Kier alpha value is -1.69. The minimum absolute atomic E-state index is 0.0588. The zero-order valence-corrected chi connectivity index (χ0v) is 10.2. The van der Waals surface area contributed by atoms with Gasteiger partial charge in [-0.25, -0.2) is 0 Å². The van der Waals surface area contributed by atoms with E-state index in [1.165, 1.54) is 0 Å². The molecule has 0 spiro atoms. The second-order valence-corrected chi connectivity index (χ2v) is 4.11. The highest BCUT2D eigenvalue weighted by Gasteiger charge is 2.09. The van der Waals surface area contributed by atoms with Gasteiger partial charge in [-0.3, -0.25) is 0 Å². The van der Waals surface area contributed by atoms with E-state index in [0.29, 0.717) is 17.1 Å². The molecule has 0 amide bonds. The van der Waals surface area contributed by atoms with Crippen LogP contribution < -0.4 is 9.47 Å². The van der Waals surface area contributed by atoms with Gasteiger partial charge in [0.15, 0.2) is 11.5 Å². The molecule has 0 atom stereocenters. The van der Waals surface area contributed by atoms with E-state index in [0.717, 1.165) is 0 Å². The number of hydrogen-bond acceptors (Lipinski definition) is 3. The van der Waals surface area contributed by atoms with Gasteiger partial charge in [-0.05, 0) is 39.8 Å². The molecule has 1 rings (SSSR count). The monoisotopic (exact) mass is 219 g/mol. The first-order chi connectivity index (χ1) is 7.52. The number of benzene rings is 1. The molecular formula is C13H17NO2. The van der Waals surface area contributed by atoms with Gasteiger partial charge in [-0.15, -0.1) is 0 Å². The largest absolute Gasteiger partial charge is 0.487 e. The van der Waals surface area contributed by atoms with Gasteiger partial charge in [0.2, 0.25) is 0 Å². The van der Waals surface area contributed by atoms with E-state index >= 15 is 0 Å². The predicted octanol–water partition coefficient (Wildman–Crippen LogP) is 3.13. The Morgan fingerprint density at radius 1 is 1.00 bits per heavy atom. The van der Waals surface area contributed by atoms with Crippen LogP contribution in [0.15, 0.2) is 18.2 Å². The van der Waals surface area contributed by atoms with Crippen molar-refractivity contribution >= 4 is 0 Å². The quantitative estimate of drug-likeness (QED) is 0.781. The second-order valence-electron chi connectivity index (χ2n) is 4.11. The van der Waals surface area contributed by atoms with Gasteiger partial charge in [0.1, 0.15) is 0 Å². The van der Waals surface area contributed by atoms with Crippen LogP contribution in [0.4, 0.5) is 0 Å². The molecule has 1 aromatic carbocycles. The first-order valence-corrected chi connectivity index (χ1v) is 5.40. The van der Waals surface area contributed by atoms with Crippen molar-refractivity contribution in [2.75, 3.05) is 0 Å². The summed E-state index contributed by atoms with van der Waals surface area (Å²) in [5.74, 6) is 1.31. The number of nitriles is 1. The molecule has 0 fully saturated rings. The maximum absolute atomic E-state index is 8.82. The summed E-state index contributed by atoms with van der Waals surface area (Å²) < 4.78 is 11.2. The fourth-order valence-electron chi connectivity index (χ4n) is 1.27. The number of ether oxygens (including phenoxy) is 2. The highest BCUT2D eigenvalue weighted by Crippen LogP contribution is 2.29. The van der Waals surface area contributed by atoms with Crippen LogP contribution >= 0.6 is 0 Å². The highest BCUT2D eigenvalue weighted by molar-refractivity contribution is 5.46. The molecule has 3 heteroatoms. The van der Waals surface area contributed by atoms with Gasteiger partial charge < -0.3 is 9.47 Å². The third-order valence-corrected chi connectivity index (χ3v) is 1.80. The zero-order valence-electron chi connectivity index (χ0n) is 10.2. The van der Waals surface area contributed by atoms with E-state index in [-0.39, 0.29) is 12.2 Å². The maximum Gasteiger partial charge on any atom is 0.162 e. The van der Waals surface area contributed by atoms with Crippen molar-refractivity contribution in [2.24, 2.45) is 0 Å². The summed E-state index contributed by atoms with van der Waals surface area (Å²) in [7, 11) is 0. The normalized spacial score (nSPS) is 10.3. The summed E-state index contributed by atoms with van der Waals surface area (Å²) in [6, 6.07) is 7.29. The molecule has 1 aromatic rings. The summed E-state index contributed by atoms with van der Waals surface area (Å²) in [4.78, 5) is 0. The molecule has 0 radical (unpaired) electrons. The first-order valence-electron chi connectivity index (χ1n) is 5.40. The minimum atomic E-state index is 0.0588. The van der Waals surface area contributed by atoms with E-state index in [2.05, 4.69) is 6.07 Å². The molecular weight excluding hydrogens is 202 g/mol. The Kier molecular flexibility index (Phi) is 4.19. The van der Waals surface area contributed by atoms with Gasteiger partial charge in [-0.1, -0.05) is 0 Å². The predicted molar refractivity (Wildman–Crippen MR) is 62.7 cm³/mol. The second kappa shape index (κ2) is 5.41. The van der Waals surface area contributed by atoms with Gasteiger partial charge in [-0.2, -0.15) is 5.26 Å². The Morgan fingerprint density at radius 3 is 2.06 bits per heavy atom. The van der Waals surface area contributed by atoms with Crippen LogP contribution in [0, 0.1) is 11.3 Å². The van der Waals surface area contributed by atoms with Gasteiger partial charge >= 0.3 is 0 Å². The van der Waals surface area contributed by atoms with Crippen LogP contribution in [-0.2, 0) is 0 Å². The molecule has 0 aliphatic carbocycles. The Balaban J connectivity index is 3.02. The summed E-state index contributed by atoms with van der Waals surface area (Å²) >= 11 is 0. The van der Waals surface area contributed by atoms with Gasteiger partial charge in [0.25, 0.3) is 0 Å². The lowest BCUT2D eigenvalue weighted by atomic mass is 10.2. The lowest BCUT2D eigenvalue weighted by molar-refractivity contribution is 0.199. The molecule has 0 heterocycles. The highest BCUT2D eigenvalue weighted by atomic mass is 16.5. The molecule has 0 aromatic heterocycles. The Labute approximate surface area is 96.6 Å². The average Bonchev–Trinajstić information content (AvgIpc) is 2.19. The third kappa shape index (κ3) is 3.47. The molecule has 16 heavy (non-hydrogen) atoms. The van der Waals surface area contributed by atoms with E-state index in [1.54, 1.807) is 18.2 Å². The number of rotatable bonds is 4. The maximum atomic E-state index is 8.82. The minimum Gasteiger partial charge on any atom is -0.487 e. The molecule has 0 unspecified atom stereocenters. The lowest BCUT2D eigenvalue weighted by Crippen LogP contribution is -2.10. The molecule has 0 saturated heterocycles. The molecule has 0 bridgehead atoms. The summed E-state index contributed by atoms with van der Waals surface area (Å²) in [5.41, 5.74) is 0.576. The summed E-state index contributed by atoms with van der Waals surface area (Å²) in [6.45, 7) is 7.80. The van der Waals surface area contributed by atoms with Crippen molar-refractivity contribution in [2.45, 2.75) is 39.9 Å². The van der Waals surface area contributed by atoms with E-state index in [4.69, 9.17) is 14.7 Å². The van der Waals surface area contributed by atoms with Crippen LogP contribution in [-0.4, -0.2) is 12.2 Å². The summed E-state index contributed by atoms with van der Waals surface area (Å²) in [5, 5.41) is 8.82. The van der Waals surface area contributed by atoms with Crippen molar-refractivity contribution in [1.82, 2.24) is 0 Å². The van der Waals surface area contributed by atoms with Crippen molar-refractivity contribution in [3.63, 3.8) is 0 Å². The van der Waals surface area contributed by atoms with Crippen LogP contribution in [0.5, 0.6) is 11.5 Å². The Bertz CT molecular complexity index is 391. The average molecular weight is 219 g/mol. The topological polar surface area (TPSA) is 42.2 Å². The molecule has 0 saturated carbocycles. The van der Waals surface area contributed by atoms with Crippen LogP contribution in [0.2, 0.25) is 0 Å². The lowest BCUT2D eigenvalue weighted by Gasteiger charge is -2.16. The zero-order chi connectivity index (χ0) is 12.1. The number of hydrogen-bond donors (Lipinski definition) is 0. The van der Waals surface area contributed by atoms with Gasteiger partial charge in [0, 0.05) is 6.07 Å². The fourth-order valence-corrected chi connectivity index (χ4v) is 1.27. The SMILES string of the molecule is CC(C)Oc1ccc(C#N)cc1OC(C)C. The smallest absolute Gasteiger partial charge is 0.162 e. The fraction of sp³-hybridized carbons (Fsp3) is 0.462. The van der Waals surface area contributed by atoms with Gasteiger partial charge in [0.05, 0.1) is 23.8 Å². The van der Waals surface area contributed by atoms with E-state index < -0.39 is 0 Å². The molecule has 3 nitrogen and oxygen atoms in total. The first kappa shape index (κ1) is 12.4. The summed E-state index contributed by atoms with van der Waals surface area (Å²) in [6.07, 6.45) is 0.144. The van der Waals surface area contributed by atoms with Crippen LogP contribution in [0.3, 0.4) is 0 Å². The van der Waals surface area contributed by atoms with E-state index in [9.17, 15) is 0 Å². The van der Waals surface area contributed by atoms with Crippen molar-refractivity contribution < 1.29 is 9.47 Å².